The van der Waals surface area contributed by atoms with Crippen LogP contribution in [0.2, 0.25) is 0 Å². The molecule has 0 spiro atoms. The molecule has 1 aromatic heterocycles. The number of hydrogen-bond donors (Lipinski definition) is 1. The van der Waals surface area contributed by atoms with E-state index < -0.39 is 26.2 Å². The molecule has 0 saturated carbocycles. The molecular formula is C15H19ClN4O4S. The maximum atomic E-state index is 13.1. The first-order chi connectivity index (χ1) is 11.3. The standard InChI is InChI=1S/C15H18N4O4S.ClH/c1-17-10-13(14(20)18(2)15(17)21)24(22,23)19-8-7-16-9-11-5-3-4-6-12(11)19;/h3-6,10,16H,7-9H2,1-2H3;1H. The van der Waals surface area contributed by atoms with Crippen LogP contribution in [0.1, 0.15) is 5.56 Å². The number of fused-ring (bicyclic) bond motifs is 1. The fraction of sp³-hybridized carbons (Fsp3) is 0.333. The van der Waals surface area contributed by atoms with Crippen LogP contribution in [-0.4, -0.2) is 30.6 Å². The lowest BCUT2D eigenvalue weighted by molar-refractivity contribution is 0.578. The number of hydrogen-bond acceptors (Lipinski definition) is 5. The van der Waals surface area contributed by atoms with Gasteiger partial charge in [-0.3, -0.25) is 13.7 Å². The van der Waals surface area contributed by atoms with Crippen molar-refractivity contribution < 1.29 is 8.42 Å². The minimum atomic E-state index is -4.09. The molecule has 0 aliphatic carbocycles. The van der Waals surface area contributed by atoms with E-state index in [1.807, 2.05) is 12.1 Å². The van der Waals surface area contributed by atoms with Crippen molar-refractivity contribution >= 4 is 28.1 Å². The third kappa shape index (κ3) is 3.22. The highest BCUT2D eigenvalue weighted by molar-refractivity contribution is 7.92. The third-order valence-corrected chi connectivity index (χ3v) is 5.85. The minimum Gasteiger partial charge on any atom is -0.311 e. The van der Waals surface area contributed by atoms with Crippen molar-refractivity contribution in [2.24, 2.45) is 14.1 Å². The second kappa shape index (κ2) is 7.03. The summed E-state index contributed by atoms with van der Waals surface area (Å²) in [6, 6.07) is 7.15. The van der Waals surface area contributed by atoms with E-state index in [-0.39, 0.29) is 19.0 Å². The summed E-state index contributed by atoms with van der Waals surface area (Å²) in [6.45, 7) is 1.21. The summed E-state index contributed by atoms with van der Waals surface area (Å²) in [5.74, 6) is 0. The molecule has 0 fully saturated rings. The zero-order valence-corrected chi connectivity index (χ0v) is 15.4. The molecule has 2 heterocycles. The van der Waals surface area contributed by atoms with Gasteiger partial charge in [0.25, 0.3) is 15.6 Å². The summed E-state index contributed by atoms with van der Waals surface area (Å²) in [5, 5.41) is 3.16. The van der Waals surface area contributed by atoms with Gasteiger partial charge in [-0.2, -0.15) is 0 Å². The monoisotopic (exact) mass is 386 g/mol. The summed E-state index contributed by atoms with van der Waals surface area (Å²) >= 11 is 0. The predicted molar refractivity (Wildman–Crippen MR) is 96.9 cm³/mol. The Labute approximate surface area is 151 Å². The summed E-state index contributed by atoms with van der Waals surface area (Å²) in [6.07, 6.45) is 1.08. The number of para-hydroxylation sites is 1. The Morgan fingerprint density at radius 3 is 2.52 bits per heavy atom. The van der Waals surface area contributed by atoms with Crippen molar-refractivity contribution in [3.63, 3.8) is 0 Å². The zero-order chi connectivity index (χ0) is 17.5. The largest absolute Gasteiger partial charge is 0.330 e. The first kappa shape index (κ1) is 19.2. The van der Waals surface area contributed by atoms with Crippen molar-refractivity contribution in [1.82, 2.24) is 14.5 Å². The van der Waals surface area contributed by atoms with Crippen LogP contribution in [0, 0.1) is 0 Å². The van der Waals surface area contributed by atoms with Gasteiger partial charge >= 0.3 is 5.69 Å². The van der Waals surface area contributed by atoms with Crippen LogP contribution in [0.25, 0.3) is 0 Å². The molecule has 0 amide bonds. The van der Waals surface area contributed by atoms with Gasteiger partial charge in [0.1, 0.15) is 0 Å². The zero-order valence-electron chi connectivity index (χ0n) is 13.8. The predicted octanol–water partition coefficient (Wildman–Crippen LogP) is -0.196. The number of aryl methyl sites for hydroxylation is 1. The average molecular weight is 387 g/mol. The highest BCUT2D eigenvalue weighted by Gasteiger charge is 2.31. The molecule has 3 rings (SSSR count). The number of aromatic nitrogens is 2. The van der Waals surface area contributed by atoms with E-state index >= 15 is 0 Å². The van der Waals surface area contributed by atoms with Crippen LogP contribution in [0.4, 0.5) is 5.69 Å². The molecule has 0 radical (unpaired) electrons. The maximum Gasteiger partial charge on any atom is 0.330 e. The first-order valence-electron chi connectivity index (χ1n) is 7.42. The highest BCUT2D eigenvalue weighted by Crippen LogP contribution is 2.26. The molecule has 1 aliphatic rings. The molecule has 2 aromatic rings. The van der Waals surface area contributed by atoms with Gasteiger partial charge in [-0.05, 0) is 11.6 Å². The topological polar surface area (TPSA) is 93.4 Å². The van der Waals surface area contributed by atoms with Crippen LogP contribution in [0.3, 0.4) is 0 Å². The number of sulfonamides is 1. The van der Waals surface area contributed by atoms with E-state index in [1.54, 1.807) is 12.1 Å². The van der Waals surface area contributed by atoms with Crippen LogP contribution in [0.5, 0.6) is 0 Å². The van der Waals surface area contributed by atoms with E-state index in [1.165, 1.54) is 18.4 Å². The molecule has 0 saturated heterocycles. The number of halogens is 1. The number of rotatable bonds is 2. The van der Waals surface area contributed by atoms with Crippen molar-refractivity contribution in [1.29, 1.82) is 0 Å². The quantitative estimate of drug-likeness (QED) is 0.771. The molecule has 1 aromatic carbocycles. The Kier molecular flexibility index (Phi) is 5.40. The van der Waals surface area contributed by atoms with Crippen LogP contribution < -0.4 is 20.9 Å². The normalized spacial score (nSPS) is 14.4. The van der Waals surface area contributed by atoms with E-state index in [9.17, 15) is 18.0 Å². The van der Waals surface area contributed by atoms with Gasteiger partial charge in [0, 0.05) is 39.9 Å². The molecule has 0 unspecified atom stereocenters. The lowest BCUT2D eigenvalue weighted by Crippen LogP contribution is -2.43. The SMILES string of the molecule is Cl.Cn1cc(S(=O)(=O)N2CCNCc3ccccc32)c(=O)n(C)c1=O. The van der Waals surface area contributed by atoms with Crippen molar-refractivity contribution in [2.45, 2.75) is 11.4 Å². The van der Waals surface area contributed by atoms with E-state index in [0.29, 0.717) is 18.8 Å². The van der Waals surface area contributed by atoms with Crippen molar-refractivity contribution in [3.8, 4) is 0 Å². The molecule has 10 heteroatoms. The van der Waals surface area contributed by atoms with Gasteiger partial charge in [-0.1, -0.05) is 18.2 Å². The molecule has 25 heavy (non-hydrogen) atoms. The Balaban J connectivity index is 0.00000225. The molecular weight excluding hydrogens is 368 g/mol. The molecule has 0 atom stereocenters. The van der Waals surface area contributed by atoms with Crippen molar-refractivity contribution in [2.75, 3.05) is 17.4 Å². The summed E-state index contributed by atoms with van der Waals surface area (Å²) in [5.41, 5.74) is -0.0247. The fourth-order valence-electron chi connectivity index (χ4n) is 2.75. The van der Waals surface area contributed by atoms with E-state index in [0.717, 1.165) is 20.9 Å². The van der Waals surface area contributed by atoms with E-state index in [4.69, 9.17) is 0 Å². The summed E-state index contributed by atoms with van der Waals surface area (Å²) in [7, 11) is -1.41. The number of nitrogens with zero attached hydrogens (tertiary/aromatic N) is 3. The average Bonchev–Trinajstić information content (AvgIpc) is 2.79. The van der Waals surface area contributed by atoms with Gasteiger partial charge in [0.15, 0.2) is 4.90 Å². The van der Waals surface area contributed by atoms with Gasteiger partial charge in [0.2, 0.25) is 0 Å². The smallest absolute Gasteiger partial charge is 0.311 e. The van der Waals surface area contributed by atoms with Crippen molar-refractivity contribution in [3.05, 3.63) is 56.9 Å². The second-order valence-electron chi connectivity index (χ2n) is 5.63. The molecule has 136 valence electrons. The summed E-state index contributed by atoms with van der Waals surface area (Å²) in [4.78, 5) is 23.7. The summed E-state index contributed by atoms with van der Waals surface area (Å²) < 4.78 is 29.3. The van der Waals surface area contributed by atoms with Crippen LogP contribution >= 0.6 is 12.4 Å². The Morgan fingerprint density at radius 1 is 1.12 bits per heavy atom. The Bertz CT molecular complexity index is 1010. The van der Waals surface area contributed by atoms with Gasteiger partial charge < -0.3 is 9.88 Å². The lowest BCUT2D eigenvalue weighted by atomic mass is 10.2. The number of nitrogens with one attached hydrogen (secondary N) is 1. The minimum absolute atomic E-state index is 0. The molecule has 8 nitrogen and oxygen atoms in total. The third-order valence-electron chi connectivity index (χ3n) is 4.05. The van der Waals surface area contributed by atoms with Crippen LogP contribution in [0.15, 0.2) is 44.9 Å². The van der Waals surface area contributed by atoms with E-state index in [2.05, 4.69) is 5.32 Å². The molecule has 0 bridgehead atoms. The molecule has 1 N–H and O–H groups in total. The molecule has 1 aliphatic heterocycles. The lowest BCUT2D eigenvalue weighted by Gasteiger charge is -2.24. The van der Waals surface area contributed by atoms with Crippen LogP contribution in [-0.2, 0) is 30.7 Å². The Morgan fingerprint density at radius 2 is 1.80 bits per heavy atom. The maximum absolute atomic E-state index is 13.1. The number of benzene rings is 1. The fourth-order valence-corrected chi connectivity index (χ4v) is 4.40. The van der Waals surface area contributed by atoms with Gasteiger partial charge in [0.05, 0.1) is 5.69 Å². The second-order valence-corrected chi connectivity index (χ2v) is 7.46. The van der Waals surface area contributed by atoms with Gasteiger partial charge in [-0.25, -0.2) is 13.2 Å². The Hall–Kier alpha value is -2.10. The highest BCUT2D eigenvalue weighted by atomic mass is 35.5. The first-order valence-corrected chi connectivity index (χ1v) is 8.86. The van der Waals surface area contributed by atoms with Gasteiger partial charge in [-0.15, -0.1) is 12.4 Å². The number of anilines is 1.